The van der Waals surface area contributed by atoms with Gasteiger partial charge in [0.25, 0.3) is 5.91 Å². The number of hydrogen-bond acceptors (Lipinski definition) is 4. The van der Waals surface area contributed by atoms with E-state index in [1.54, 1.807) is 0 Å². The van der Waals surface area contributed by atoms with Gasteiger partial charge >= 0.3 is 0 Å². The van der Waals surface area contributed by atoms with Gasteiger partial charge in [0.05, 0.1) is 0 Å². The molecule has 7 heteroatoms. The van der Waals surface area contributed by atoms with E-state index < -0.39 is 0 Å². The molecule has 7 nitrogen and oxygen atoms in total. The quantitative estimate of drug-likeness (QED) is 0.858. The first kappa shape index (κ1) is 18.7. The van der Waals surface area contributed by atoms with Crippen molar-refractivity contribution in [3.63, 3.8) is 0 Å². The van der Waals surface area contributed by atoms with Crippen LogP contribution in [0.25, 0.3) is 0 Å². The number of nitrogens with zero attached hydrogens (tertiary/aromatic N) is 4. The molecule has 2 amide bonds. The molecule has 0 aliphatic carbocycles. The van der Waals surface area contributed by atoms with Gasteiger partial charge in [-0.1, -0.05) is 44.2 Å². The van der Waals surface area contributed by atoms with Crippen molar-refractivity contribution in [2.75, 3.05) is 13.1 Å². The number of carbonyl (C=O) groups excluding carboxylic acids is 2. The van der Waals surface area contributed by atoms with Crippen LogP contribution in [-0.2, 0) is 24.3 Å². The van der Waals surface area contributed by atoms with Crippen LogP contribution in [0.5, 0.6) is 0 Å². The average Bonchev–Trinajstić information content (AvgIpc) is 3.28. The van der Waals surface area contributed by atoms with Crippen LogP contribution in [0.15, 0.2) is 30.3 Å². The Morgan fingerprint density at radius 2 is 1.86 bits per heavy atom. The summed E-state index contributed by atoms with van der Waals surface area (Å²) in [5.41, 5.74) is 1.05. The maximum absolute atomic E-state index is 12.6. The minimum Gasteiger partial charge on any atom is -0.345 e. The van der Waals surface area contributed by atoms with Crippen molar-refractivity contribution in [1.29, 1.82) is 0 Å². The highest BCUT2D eigenvalue weighted by Gasteiger charge is 2.40. The van der Waals surface area contributed by atoms with Crippen LogP contribution >= 0.6 is 0 Å². The summed E-state index contributed by atoms with van der Waals surface area (Å²) in [4.78, 5) is 27.1. The average molecular weight is 381 g/mol. The number of amides is 2. The molecule has 0 bridgehead atoms. The van der Waals surface area contributed by atoms with Crippen molar-refractivity contribution in [1.82, 2.24) is 25.0 Å². The third-order valence-corrected chi connectivity index (χ3v) is 5.70. The highest BCUT2D eigenvalue weighted by atomic mass is 16.2. The van der Waals surface area contributed by atoms with Crippen molar-refractivity contribution < 1.29 is 9.59 Å². The lowest BCUT2D eigenvalue weighted by Crippen LogP contribution is -2.33. The zero-order chi connectivity index (χ0) is 19.7. The Morgan fingerprint density at radius 1 is 1.11 bits per heavy atom. The summed E-state index contributed by atoms with van der Waals surface area (Å²) >= 11 is 0. The van der Waals surface area contributed by atoms with E-state index in [4.69, 9.17) is 0 Å². The van der Waals surface area contributed by atoms with Crippen LogP contribution in [0.4, 0.5) is 0 Å². The number of rotatable bonds is 5. The standard InChI is InChI=1S/C21H27N5O2/c1-14(2)8-19(27)25-11-16-9-18-23-24-20(26(18)13-17(16)12-25)21(28)22-10-15-6-4-3-5-7-15/h3-7,14,16-17H,8-13H2,1-2H3,(H,22,28)/t16-,17+/m1/s1. The first-order valence-electron chi connectivity index (χ1n) is 10.0. The molecule has 4 rings (SSSR count). The molecule has 3 heterocycles. The zero-order valence-electron chi connectivity index (χ0n) is 16.5. The SMILES string of the molecule is CC(C)CC(=O)N1C[C@H]2Cc3nnc(C(=O)NCc4ccccc4)n3C[C@@H]2C1. The molecule has 0 unspecified atom stereocenters. The zero-order valence-corrected chi connectivity index (χ0v) is 16.5. The summed E-state index contributed by atoms with van der Waals surface area (Å²) < 4.78 is 1.94. The molecule has 1 N–H and O–H groups in total. The fourth-order valence-corrected chi connectivity index (χ4v) is 4.23. The van der Waals surface area contributed by atoms with Crippen molar-refractivity contribution in [2.45, 2.75) is 39.8 Å². The van der Waals surface area contributed by atoms with E-state index in [0.717, 1.165) is 30.9 Å². The number of benzene rings is 1. The minimum atomic E-state index is -0.202. The van der Waals surface area contributed by atoms with Gasteiger partial charge in [-0.25, -0.2) is 0 Å². The minimum absolute atomic E-state index is 0.202. The number of fused-ring (bicyclic) bond motifs is 2. The van der Waals surface area contributed by atoms with Gasteiger partial charge in [-0.3, -0.25) is 9.59 Å². The van der Waals surface area contributed by atoms with E-state index in [2.05, 4.69) is 29.4 Å². The Hall–Kier alpha value is -2.70. The van der Waals surface area contributed by atoms with Crippen molar-refractivity contribution >= 4 is 11.8 Å². The lowest BCUT2D eigenvalue weighted by atomic mass is 9.89. The molecule has 2 aromatic rings. The molecule has 0 spiro atoms. The number of nitrogens with one attached hydrogen (secondary N) is 1. The molecule has 2 aliphatic rings. The first-order valence-corrected chi connectivity index (χ1v) is 10.0. The Labute approximate surface area is 165 Å². The normalized spacial score (nSPS) is 20.8. The number of aromatic nitrogens is 3. The monoisotopic (exact) mass is 381 g/mol. The van der Waals surface area contributed by atoms with E-state index in [1.165, 1.54) is 0 Å². The van der Waals surface area contributed by atoms with Gasteiger partial charge in [-0.05, 0) is 23.3 Å². The van der Waals surface area contributed by atoms with Crippen LogP contribution in [0.1, 0.15) is 42.3 Å². The Balaban J connectivity index is 1.41. The molecular formula is C21H27N5O2. The Kier molecular flexibility index (Phi) is 5.15. The summed E-state index contributed by atoms with van der Waals surface area (Å²) in [6.45, 7) is 6.86. The van der Waals surface area contributed by atoms with E-state index in [1.807, 2.05) is 39.8 Å². The van der Waals surface area contributed by atoms with Crippen LogP contribution in [0.2, 0.25) is 0 Å². The van der Waals surface area contributed by atoms with Crippen LogP contribution < -0.4 is 5.32 Å². The van der Waals surface area contributed by atoms with Gasteiger partial charge in [0, 0.05) is 39.0 Å². The Morgan fingerprint density at radius 3 is 2.61 bits per heavy atom. The van der Waals surface area contributed by atoms with E-state index >= 15 is 0 Å². The highest BCUT2D eigenvalue weighted by Crippen LogP contribution is 2.33. The molecule has 0 radical (unpaired) electrons. The highest BCUT2D eigenvalue weighted by molar-refractivity contribution is 5.90. The molecule has 148 valence electrons. The maximum Gasteiger partial charge on any atom is 0.289 e. The fraction of sp³-hybridized carbons (Fsp3) is 0.524. The van der Waals surface area contributed by atoms with Gasteiger partial charge in [0.1, 0.15) is 5.82 Å². The van der Waals surface area contributed by atoms with Gasteiger partial charge in [0.15, 0.2) is 0 Å². The summed E-state index contributed by atoms with van der Waals surface area (Å²) in [6.07, 6.45) is 1.37. The molecular weight excluding hydrogens is 354 g/mol. The fourth-order valence-electron chi connectivity index (χ4n) is 4.23. The third-order valence-electron chi connectivity index (χ3n) is 5.70. The van der Waals surface area contributed by atoms with Crippen molar-refractivity contribution in [2.24, 2.45) is 17.8 Å². The molecule has 0 saturated carbocycles. The molecule has 28 heavy (non-hydrogen) atoms. The third kappa shape index (κ3) is 3.79. The predicted molar refractivity (Wildman–Crippen MR) is 104 cm³/mol. The maximum atomic E-state index is 12.6. The molecule has 2 aliphatic heterocycles. The second-order valence-corrected chi connectivity index (χ2v) is 8.34. The predicted octanol–water partition coefficient (Wildman–Crippen LogP) is 1.88. The van der Waals surface area contributed by atoms with E-state index in [-0.39, 0.29) is 11.8 Å². The Bertz CT molecular complexity index is 861. The molecule has 1 aromatic carbocycles. The van der Waals surface area contributed by atoms with Crippen molar-refractivity contribution in [3.05, 3.63) is 47.5 Å². The second-order valence-electron chi connectivity index (χ2n) is 8.34. The summed E-state index contributed by atoms with van der Waals surface area (Å²) in [6, 6.07) is 9.81. The summed E-state index contributed by atoms with van der Waals surface area (Å²) in [7, 11) is 0. The number of likely N-dealkylation sites (tertiary alicyclic amines) is 1. The summed E-state index contributed by atoms with van der Waals surface area (Å²) in [5.74, 6) is 2.40. The van der Waals surface area contributed by atoms with Crippen LogP contribution in [0.3, 0.4) is 0 Å². The van der Waals surface area contributed by atoms with E-state index in [0.29, 0.717) is 43.1 Å². The lowest BCUT2D eigenvalue weighted by Gasteiger charge is -2.25. The van der Waals surface area contributed by atoms with Crippen LogP contribution in [0, 0.1) is 17.8 Å². The number of hydrogen-bond donors (Lipinski definition) is 1. The molecule has 2 atom stereocenters. The molecule has 1 fully saturated rings. The second kappa shape index (κ2) is 7.73. The van der Waals surface area contributed by atoms with Crippen LogP contribution in [-0.4, -0.2) is 44.6 Å². The summed E-state index contributed by atoms with van der Waals surface area (Å²) in [5, 5.41) is 11.3. The largest absolute Gasteiger partial charge is 0.345 e. The molecule has 1 saturated heterocycles. The van der Waals surface area contributed by atoms with Gasteiger partial charge in [-0.2, -0.15) is 0 Å². The number of carbonyl (C=O) groups is 2. The van der Waals surface area contributed by atoms with E-state index in [9.17, 15) is 9.59 Å². The van der Waals surface area contributed by atoms with Gasteiger partial charge < -0.3 is 14.8 Å². The first-order chi connectivity index (χ1) is 13.5. The van der Waals surface area contributed by atoms with Crippen molar-refractivity contribution in [3.8, 4) is 0 Å². The topological polar surface area (TPSA) is 80.1 Å². The molecule has 1 aromatic heterocycles. The van der Waals surface area contributed by atoms with Gasteiger partial charge in [0.2, 0.25) is 11.7 Å². The smallest absolute Gasteiger partial charge is 0.289 e. The van der Waals surface area contributed by atoms with Gasteiger partial charge in [-0.15, -0.1) is 10.2 Å². The lowest BCUT2D eigenvalue weighted by molar-refractivity contribution is -0.131.